The van der Waals surface area contributed by atoms with Crippen LogP contribution in [0.5, 0.6) is 0 Å². The average molecular weight is 499 g/mol. The van der Waals surface area contributed by atoms with Crippen molar-refractivity contribution in [2.75, 3.05) is 0 Å². The Labute approximate surface area is 198 Å². The van der Waals surface area contributed by atoms with E-state index in [1.54, 1.807) is 0 Å². The van der Waals surface area contributed by atoms with Gasteiger partial charge in [-0.3, -0.25) is 9.59 Å². The molecule has 6 rings (SSSR count). The molecule has 0 aromatic heterocycles. The molecule has 1 amide bonds. The number of amides is 1. The minimum absolute atomic E-state index is 0.0321. The number of Topliss-reactive ketones (excluding diaryl/α,β-unsaturated/α-hetero) is 1. The summed E-state index contributed by atoms with van der Waals surface area (Å²) in [7, 11) is -3.98. The maximum Gasteiger partial charge on any atom is 0.242 e. The molecule has 2 unspecified atom stereocenters. The summed E-state index contributed by atoms with van der Waals surface area (Å²) in [4.78, 5) is 25.7. The third-order valence-corrected chi connectivity index (χ3v) is 10.9. The lowest BCUT2D eigenvalue weighted by Crippen LogP contribution is -2.61. The first-order valence-corrected chi connectivity index (χ1v) is 13.6. The Kier molecular flexibility index (Phi) is 5.44. The molecule has 0 saturated heterocycles. The number of benzene rings is 1. The fourth-order valence-electron chi connectivity index (χ4n) is 7.15. The van der Waals surface area contributed by atoms with Gasteiger partial charge >= 0.3 is 0 Å². The van der Waals surface area contributed by atoms with E-state index in [4.69, 9.17) is 28.9 Å². The Bertz CT molecular complexity index is 1070. The van der Waals surface area contributed by atoms with Gasteiger partial charge in [-0.2, -0.15) is 4.72 Å². The van der Waals surface area contributed by atoms with Crippen molar-refractivity contribution in [1.82, 2.24) is 4.72 Å². The molecule has 5 saturated carbocycles. The molecule has 1 aromatic carbocycles. The molecule has 32 heavy (non-hydrogen) atoms. The summed E-state index contributed by atoms with van der Waals surface area (Å²) in [6.07, 6.45) is 6.66. The van der Waals surface area contributed by atoms with Crippen molar-refractivity contribution in [3.63, 3.8) is 0 Å². The van der Waals surface area contributed by atoms with Crippen LogP contribution in [0.25, 0.3) is 0 Å². The maximum absolute atomic E-state index is 13.5. The number of carbonyl (C=O) groups is 2. The second kappa shape index (κ2) is 7.69. The van der Waals surface area contributed by atoms with Crippen LogP contribution in [0.2, 0.25) is 10.0 Å². The van der Waals surface area contributed by atoms with Crippen molar-refractivity contribution in [3.8, 4) is 0 Å². The zero-order chi connectivity index (χ0) is 22.9. The van der Waals surface area contributed by atoms with Crippen LogP contribution in [0, 0.1) is 29.1 Å². The molecule has 6 nitrogen and oxygen atoms in total. The van der Waals surface area contributed by atoms with E-state index in [1.165, 1.54) is 18.2 Å². The Hall–Kier alpha value is -1.15. The minimum Gasteiger partial charge on any atom is -0.369 e. The molecule has 9 heteroatoms. The first-order valence-electron chi connectivity index (χ1n) is 11.4. The summed E-state index contributed by atoms with van der Waals surface area (Å²) in [5.74, 6) is 1.13. The number of hydrogen-bond donors (Lipinski definition) is 2. The number of hydrogen-bond acceptors (Lipinski definition) is 4. The molecule has 174 valence electrons. The first-order chi connectivity index (χ1) is 15.0. The highest BCUT2D eigenvalue weighted by Gasteiger charge is 2.59. The Balaban J connectivity index is 1.34. The molecule has 0 heterocycles. The molecule has 5 fully saturated rings. The van der Waals surface area contributed by atoms with Crippen molar-refractivity contribution < 1.29 is 18.0 Å². The normalized spacial score (nSPS) is 34.8. The monoisotopic (exact) mass is 498 g/mol. The van der Waals surface area contributed by atoms with Gasteiger partial charge in [-0.25, -0.2) is 8.42 Å². The summed E-state index contributed by atoms with van der Waals surface area (Å²) in [5.41, 5.74) is 4.32. The SMILES string of the molecule is NC(=O)C12CC3CC(C1)C(CC(=O)C1(NS(=O)(=O)c4ccc(Cl)cc4Cl)CCC1)C(C3)C2. The molecular formula is C23H28Cl2N2O4S. The lowest BCUT2D eigenvalue weighted by molar-refractivity contribution is -0.152. The molecule has 4 bridgehead atoms. The maximum atomic E-state index is 13.5. The molecule has 0 radical (unpaired) electrons. The quantitative estimate of drug-likeness (QED) is 0.590. The third kappa shape index (κ3) is 3.60. The van der Waals surface area contributed by atoms with Crippen LogP contribution in [0.4, 0.5) is 0 Å². The van der Waals surface area contributed by atoms with Gasteiger partial charge in [0.2, 0.25) is 15.9 Å². The Morgan fingerprint density at radius 2 is 1.75 bits per heavy atom. The topological polar surface area (TPSA) is 106 Å². The summed E-state index contributed by atoms with van der Waals surface area (Å²) < 4.78 is 28.9. The van der Waals surface area contributed by atoms with E-state index in [0.717, 1.165) is 38.5 Å². The summed E-state index contributed by atoms with van der Waals surface area (Å²) >= 11 is 12.0. The van der Waals surface area contributed by atoms with E-state index in [1.807, 2.05) is 0 Å². The lowest BCUT2D eigenvalue weighted by Gasteiger charge is -2.59. The molecule has 5 aliphatic carbocycles. The van der Waals surface area contributed by atoms with Crippen LogP contribution in [-0.2, 0) is 19.6 Å². The van der Waals surface area contributed by atoms with E-state index in [-0.39, 0.29) is 27.5 Å². The molecule has 3 N–H and O–H groups in total. The number of nitrogens with two attached hydrogens (primary N) is 1. The van der Waals surface area contributed by atoms with E-state index in [9.17, 15) is 18.0 Å². The van der Waals surface area contributed by atoms with Gasteiger partial charge in [0, 0.05) is 16.9 Å². The van der Waals surface area contributed by atoms with Crippen LogP contribution in [0.3, 0.4) is 0 Å². The number of ketones is 1. The highest BCUT2D eigenvalue weighted by Crippen LogP contribution is 2.63. The van der Waals surface area contributed by atoms with E-state index in [2.05, 4.69) is 4.72 Å². The van der Waals surface area contributed by atoms with Crippen molar-refractivity contribution in [2.45, 2.75) is 68.2 Å². The van der Waals surface area contributed by atoms with Crippen molar-refractivity contribution >= 4 is 44.9 Å². The standard InChI is InChI=1S/C23H28Cl2N2O4S/c24-16-2-3-19(18(25)8-16)32(30,31)27-23(4-1-5-23)20(28)9-17-14-6-13-7-15(17)12-22(10-13,11-14)21(26)29/h2-3,8,13-15,17,27H,1,4-7,9-12H2,(H2,26,29). The van der Waals surface area contributed by atoms with Crippen LogP contribution >= 0.6 is 23.2 Å². The van der Waals surface area contributed by atoms with Gasteiger partial charge in [0.1, 0.15) is 4.90 Å². The second-order valence-corrected chi connectivity index (χ2v) is 13.0. The average Bonchev–Trinajstić information content (AvgIpc) is 2.66. The second-order valence-electron chi connectivity index (χ2n) is 10.5. The van der Waals surface area contributed by atoms with Crippen molar-refractivity contribution in [1.29, 1.82) is 0 Å². The molecule has 1 aromatic rings. The van der Waals surface area contributed by atoms with Crippen LogP contribution in [0.15, 0.2) is 23.1 Å². The molecule has 0 aliphatic heterocycles. The zero-order valence-corrected chi connectivity index (χ0v) is 20.1. The lowest BCUT2D eigenvalue weighted by atomic mass is 9.45. The number of primary amides is 1. The summed E-state index contributed by atoms with van der Waals surface area (Å²) in [5, 5.41) is 0.378. The minimum atomic E-state index is -3.98. The summed E-state index contributed by atoms with van der Waals surface area (Å²) in [6, 6.07) is 4.22. The number of sulfonamides is 1. The van der Waals surface area contributed by atoms with Gasteiger partial charge in [0.05, 0.1) is 10.6 Å². The first kappa shape index (κ1) is 22.6. The van der Waals surface area contributed by atoms with E-state index >= 15 is 0 Å². The van der Waals surface area contributed by atoms with Gasteiger partial charge in [-0.15, -0.1) is 0 Å². The van der Waals surface area contributed by atoms with Crippen LogP contribution in [0.1, 0.15) is 57.8 Å². The molecule has 5 aliphatic rings. The summed E-state index contributed by atoms with van der Waals surface area (Å²) in [6.45, 7) is 0. The van der Waals surface area contributed by atoms with E-state index < -0.39 is 21.0 Å². The predicted molar refractivity (Wildman–Crippen MR) is 122 cm³/mol. The van der Waals surface area contributed by atoms with Crippen molar-refractivity contribution in [3.05, 3.63) is 28.2 Å². The highest BCUT2D eigenvalue weighted by molar-refractivity contribution is 7.89. The zero-order valence-electron chi connectivity index (χ0n) is 17.8. The van der Waals surface area contributed by atoms with Gasteiger partial charge in [0.15, 0.2) is 5.78 Å². The van der Waals surface area contributed by atoms with Gasteiger partial charge in [-0.05, 0) is 93.2 Å². The highest BCUT2D eigenvalue weighted by atomic mass is 35.5. The number of nitrogens with one attached hydrogen (secondary N) is 1. The van der Waals surface area contributed by atoms with Crippen LogP contribution < -0.4 is 10.5 Å². The smallest absolute Gasteiger partial charge is 0.242 e. The molecule has 0 spiro atoms. The number of halogens is 2. The van der Waals surface area contributed by atoms with Gasteiger partial charge < -0.3 is 5.73 Å². The molecule has 2 atom stereocenters. The predicted octanol–water partition coefficient (Wildman–Crippen LogP) is 4.08. The van der Waals surface area contributed by atoms with E-state index in [0.29, 0.717) is 42.0 Å². The Morgan fingerprint density at radius 1 is 1.09 bits per heavy atom. The largest absolute Gasteiger partial charge is 0.369 e. The van der Waals surface area contributed by atoms with Gasteiger partial charge in [0.25, 0.3) is 0 Å². The molecular weight excluding hydrogens is 471 g/mol. The third-order valence-electron chi connectivity index (χ3n) is 8.67. The Morgan fingerprint density at radius 3 is 2.28 bits per heavy atom. The number of carbonyl (C=O) groups excluding carboxylic acids is 2. The fourth-order valence-corrected chi connectivity index (χ4v) is 9.37. The van der Waals surface area contributed by atoms with Gasteiger partial charge in [-0.1, -0.05) is 23.2 Å². The fraction of sp³-hybridized carbons (Fsp3) is 0.652. The van der Waals surface area contributed by atoms with Crippen LogP contribution in [-0.4, -0.2) is 25.6 Å². The number of rotatable bonds is 7. The van der Waals surface area contributed by atoms with Crippen molar-refractivity contribution in [2.24, 2.45) is 34.8 Å².